The molecule has 114 valence electrons. The van der Waals surface area contributed by atoms with E-state index in [-0.39, 0.29) is 0 Å². The fraction of sp³-hybridized carbons (Fsp3) is 0.600. The standard InChI is InChI=1S/C15H22N4S2/c1-4-20-12-7-5-6-11(12)17-13-10-8-9(2)21-14(10)19-15(16-3)18-13/h8,11-12H,4-7H2,1-3H3,(H2,16,17,18,19). The summed E-state index contributed by atoms with van der Waals surface area (Å²) in [6.07, 6.45) is 3.86. The minimum atomic E-state index is 0.526. The summed E-state index contributed by atoms with van der Waals surface area (Å²) < 4.78 is 0. The minimum Gasteiger partial charge on any atom is -0.366 e. The second-order valence-electron chi connectivity index (χ2n) is 5.40. The zero-order valence-corrected chi connectivity index (χ0v) is 14.4. The van der Waals surface area contributed by atoms with Crippen molar-refractivity contribution < 1.29 is 0 Å². The Kier molecular flexibility index (Phi) is 4.54. The lowest BCUT2D eigenvalue weighted by Crippen LogP contribution is -2.27. The average Bonchev–Trinajstić information content (AvgIpc) is 3.05. The largest absolute Gasteiger partial charge is 0.366 e. The molecule has 2 heterocycles. The molecule has 1 aliphatic rings. The Morgan fingerprint density at radius 2 is 2.24 bits per heavy atom. The number of hydrogen-bond donors (Lipinski definition) is 2. The van der Waals surface area contributed by atoms with Crippen LogP contribution in [-0.2, 0) is 0 Å². The molecule has 0 saturated heterocycles. The highest BCUT2D eigenvalue weighted by Crippen LogP contribution is 2.35. The molecular weight excluding hydrogens is 300 g/mol. The molecule has 0 aliphatic heterocycles. The highest BCUT2D eigenvalue weighted by molar-refractivity contribution is 7.99. The third-order valence-electron chi connectivity index (χ3n) is 3.89. The number of aromatic nitrogens is 2. The van der Waals surface area contributed by atoms with Crippen molar-refractivity contribution in [2.45, 2.75) is 44.4 Å². The lowest BCUT2D eigenvalue weighted by Gasteiger charge is -2.21. The Hall–Kier alpha value is -1.01. The van der Waals surface area contributed by atoms with E-state index in [0.29, 0.717) is 17.2 Å². The van der Waals surface area contributed by atoms with E-state index >= 15 is 0 Å². The maximum Gasteiger partial charge on any atom is 0.225 e. The summed E-state index contributed by atoms with van der Waals surface area (Å²) in [5, 5.41) is 8.63. The van der Waals surface area contributed by atoms with E-state index in [0.717, 1.165) is 16.0 Å². The molecule has 3 rings (SSSR count). The molecule has 2 unspecified atom stereocenters. The van der Waals surface area contributed by atoms with Crippen molar-refractivity contribution in [2.75, 3.05) is 23.4 Å². The molecule has 21 heavy (non-hydrogen) atoms. The molecule has 2 aromatic heterocycles. The Morgan fingerprint density at radius 3 is 3.00 bits per heavy atom. The van der Waals surface area contributed by atoms with Crippen LogP contribution in [0.15, 0.2) is 6.07 Å². The molecule has 2 atom stereocenters. The van der Waals surface area contributed by atoms with Gasteiger partial charge in [0.25, 0.3) is 0 Å². The Labute approximate surface area is 134 Å². The number of aryl methyl sites for hydroxylation is 1. The van der Waals surface area contributed by atoms with Gasteiger partial charge in [0.05, 0.1) is 5.39 Å². The SMILES string of the molecule is CCSC1CCCC1Nc1nc(NC)nc2sc(C)cc12. The molecule has 0 spiro atoms. The van der Waals surface area contributed by atoms with Gasteiger partial charge >= 0.3 is 0 Å². The second-order valence-corrected chi connectivity index (χ2v) is 8.15. The van der Waals surface area contributed by atoms with Crippen LogP contribution in [0, 0.1) is 6.92 Å². The first-order chi connectivity index (χ1) is 10.2. The van der Waals surface area contributed by atoms with Gasteiger partial charge in [-0.05, 0) is 31.6 Å². The Morgan fingerprint density at radius 1 is 1.38 bits per heavy atom. The molecule has 1 aliphatic carbocycles. The van der Waals surface area contributed by atoms with Gasteiger partial charge in [-0.1, -0.05) is 13.3 Å². The maximum absolute atomic E-state index is 4.65. The van der Waals surface area contributed by atoms with E-state index in [2.05, 4.69) is 52.3 Å². The number of thiophene rings is 1. The Balaban J connectivity index is 1.91. The molecule has 1 fully saturated rings. The molecule has 0 amide bonds. The van der Waals surface area contributed by atoms with Crippen LogP contribution in [0.1, 0.15) is 31.1 Å². The van der Waals surface area contributed by atoms with Gasteiger partial charge < -0.3 is 10.6 Å². The summed E-state index contributed by atoms with van der Waals surface area (Å²) in [6.45, 7) is 4.37. The summed E-state index contributed by atoms with van der Waals surface area (Å²) >= 11 is 3.80. The van der Waals surface area contributed by atoms with Crippen molar-refractivity contribution in [2.24, 2.45) is 0 Å². The molecule has 2 N–H and O–H groups in total. The maximum atomic E-state index is 4.65. The Bertz CT molecular complexity index is 625. The zero-order chi connectivity index (χ0) is 14.8. The fourth-order valence-electron chi connectivity index (χ4n) is 2.94. The van der Waals surface area contributed by atoms with E-state index in [1.165, 1.54) is 29.9 Å². The van der Waals surface area contributed by atoms with Crippen LogP contribution in [0.3, 0.4) is 0 Å². The normalized spacial score (nSPS) is 21.9. The van der Waals surface area contributed by atoms with Crippen molar-refractivity contribution in [3.63, 3.8) is 0 Å². The van der Waals surface area contributed by atoms with Crippen LogP contribution < -0.4 is 10.6 Å². The zero-order valence-electron chi connectivity index (χ0n) is 12.8. The van der Waals surface area contributed by atoms with Gasteiger partial charge in [0, 0.05) is 23.2 Å². The molecule has 0 bridgehead atoms. The molecule has 1 saturated carbocycles. The van der Waals surface area contributed by atoms with Gasteiger partial charge in [-0.2, -0.15) is 16.7 Å². The number of thioether (sulfide) groups is 1. The summed E-state index contributed by atoms with van der Waals surface area (Å²) in [6, 6.07) is 2.72. The van der Waals surface area contributed by atoms with Crippen LogP contribution in [-0.4, -0.2) is 34.1 Å². The number of nitrogens with one attached hydrogen (secondary N) is 2. The number of hydrogen-bond acceptors (Lipinski definition) is 6. The van der Waals surface area contributed by atoms with Crippen LogP contribution in [0.4, 0.5) is 11.8 Å². The predicted molar refractivity (Wildman–Crippen MR) is 94.9 cm³/mol. The molecule has 4 nitrogen and oxygen atoms in total. The van der Waals surface area contributed by atoms with E-state index in [4.69, 9.17) is 0 Å². The van der Waals surface area contributed by atoms with Crippen LogP contribution >= 0.6 is 23.1 Å². The smallest absolute Gasteiger partial charge is 0.225 e. The van der Waals surface area contributed by atoms with Crippen molar-refractivity contribution in [3.05, 3.63) is 10.9 Å². The van der Waals surface area contributed by atoms with Gasteiger partial charge in [0.2, 0.25) is 5.95 Å². The first kappa shape index (κ1) is 14.9. The van der Waals surface area contributed by atoms with Crippen molar-refractivity contribution in [3.8, 4) is 0 Å². The highest BCUT2D eigenvalue weighted by atomic mass is 32.2. The van der Waals surface area contributed by atoms with Gasteiger partial charge in [0.1, 0.15) is 10.6 Å². The number of fused-ring (bicyclic) bond motifs is 1. The minimum absolute atomic E-state index is 0.526. The molecule has 2 aromatic rings. The molecule has 0 aromatic carbocycles. The third-order valence-corrected chi connectivity index (χ3v) is 6.17. The van der Waals surface area contributed by atoms with Crippen LogP contribution in [0.25, 0.3) is 10.2 Å². The summed E-state index contributed by atoms with van der Waals surface area (Å²) in [5.74, 6) is 2.87. The van der Waals surface area contributed by atoms with E-state index in [1.54, 1.807) is 11.3 Å². The molecular formula is C15H22N4S2. The lowest BCUT2D eigenvalue weighted by molar-refractivity contribution is 0.764. The summed E-state index contributed by atoms with van der Waals surface area (Å²) in [4.78, 5) is 11.6. The number of rotatable bonds is 5. The molecule has 0 radical (unpaired) electrons. The van der Waals surface area contributed by atoms with Crippen LogP contribution in [0.2, 0.25) is 0 Å². The summed E-state index contributed by atoms with van der Waals surface area (Å²) in [7, 11) is 1.87. The van der Waals surface area contributed by atoms with Crippen molar-refractivity contribution >= 4 is 45.1 Å². The highest BCUT2D eigenvalue weighted by Gasteiger charge is 2.28. The van der Waals surface area contributed by atoms with E-state index < -0.39 is 0 Å². The second kappa shape index (κ2) is 6.40. The predicted octanol–water partition coefficient (Wildman–Crippen LogP) is 4.13. The van der Waals surface area contributed by atoms with Gasteiger partial charge in [-0.3, -0.25) is 0 Å². The van der Waals surface area contributed by atoms with E-state index in [1.807, 2.05) is 7.05 Å². The molecule has 6 heteroatoms. The summed E-state index contributed by atoms with van der Waals surface area (Å²) in [5.41, 5.74) is 0. The quantitative estimate of drug-likeness (QED) is 0.867. The van der Waals surface area contributed by atoms with Crippen LogP contribution in [0.5, 0.6) is 0 Å². The fourth-order valence-corrected chi connectivity index (χ4v) is 5.02. The van der Waals surface area contributed by atoms with E-state index in [9.17, 15) is 0 Å². The van der Waals surface area contributed by atoms with Crippen molar-refractivity contribution in [1.82, 2.24) is 9.97 Å². The van der Waals surface area contributed by atoms with Gasteiger partial charge in [-0.15, -0.1) is 11.3 Å². The monoisotopic (exact) mass is 322 g/mol. The first-order valence-electron chi connectivity index (χ1n) is 7.55. The average molecular weight is 323 g/mol. The van der Waals surface area contributed by atoms with Gasteiger partial charge in [0.15, 0.2) is 0 Å². The third kappa shape index (κ3) is 3.11. The number of anilines is 2. The lowest BCUT2D eigenvalue weighted by atomic mass is 10.2. The first-order valence-corrected chi connectivity index (χ1v) is 9.42. The topological polar surface area (TPSA) is 49.8 Å². The van der Waals surface area contributed by atoms with Crippen molar-refractivity contribution in [1.29, 1.82) is 0 Å². The number of nitrogens with zero attached hydrogens (tertiary/aromatic N) is 2. The van der Waals surface area contributed by atoms with Gasteiger partial charge in [-0.25, -0.2) is 4.98 Å².